The minimum atomic E-state index is -0.442. The van der Waals surface area contributed by atoms with Gasteiger partial charge in [-0.1, -0.05) is 0 Å². The molecule has 1 aromatic carbocycles. The number of nitrogens with zero attached hydrogens (tertiary/aromatic N) is 2. The summed E-state index contributed by atoms with van der Waals surface area (Å²) in [6, 6.07) is 5.99. The Morgan fingerprint density at radius 3 is 2.28 bits per heavy atom. The molecule has 4 nitrogen and oxygen atoms in total. The summed E-state index contributed by atoms with van der Waals surface area (Å²) < 4.78 is 12.8. The van der Waals surface area contributed by atoms with Gasteiger partial charge < -0.3 is 15.5 Å². The lowest BCUT2D eigenvalue weighted by Crippen LogP contribution is -2.52. The minimum absolute atomic E-state index is 0.00578. The summed E-state index contributed by atoms with van der Waals surface area (Å²) in [6.07, 6.45) is 0. The molecule has 0 spiro atoms. The summed E-state index contributed by atoms with van der Waals surface area (Å²) in [5, 5.41) is 0. The standard InChI is InChI=1S/C13H18FN3O/c1-10(15)13(18)17-8-6-16(7-9-17)12-4-2-11(14)3-5-12/h2-5,10H,6-9,15H2,1H3/t10-/m1/s1. The average Bonchev–Trinajstić information content (AvgIpc) is 2.39. The van der Waals surface area contributed by atoms with E-state index in [1.807, 2.05) is 0 Å². The molecule has 0 aliphatic carbocycles. The highest BCUT2D eigenvalue weighted by molar-refractivity contribution is 5.81. The van der Waals surface area contributed by atoms with Crippen LogP contribution in [0.2, 0.25) is 0 Å². The Morgan fingerprint density at radius 2 is 1.78 bits per heavy atom. The van der Waals surface area contributed by atoms with Gasteiger partial charge in [0, 0.05) is 31.9 Å². The van der Waals surface area contributed by atoms with Gasteiger partial charge in [-0.3, -0.25) is 4.79 Å². The molecule has 1 amide bonds. The van der Waals surface area contributed by atoms with Crippen molar-refractivity contribution in [3.8, 4) is 0 Å². The number of rotatable bonds is 2. The van der Waals surface area contributed by atoms with Crippen molar-refractivity contribution in [1.29, 1.82) is 0 Å². The lowest BCUT2D eigenvalue weighted by molar-refractivity contribution is -0.132. The lowest BCUT2D eigenvalue weighted by Gasteiger charge is -2.36. The van der Waals surface area contributed by atoms with Crippen molar-refractivity contribution in [3.05, 3.63) is 30.1 Å². The fraction of sp³-hybridized carbons (Fsp3) is 0.462. The number of carbonyl (C=O) groups is 1. The second kappa shape index (κ2) is 5.35. The van der Waals surface area contributed by atoms with Crippen LogP contribution in [0.1, 0.15) is 6.92 Å². The van der Waals surface area contributed by atoms with E-state index < -0.39 is 6.04 Å². The summed E-state index contributed by atoms with van der Waals surface area (Å²) in [5.41, 5.74) is 6.57. The molecule has 0 unspecified atom stereocenters. The fourth-order valence-electron chi connectivity index (χ4n) is 2.12. The fourth-order valence-corrected chi connectivity index (χ4v) is 2.12. The average molecular weight is 251 g/mol. The SMILES string of the molecule is C[C@@H](N)C(=O)N1CCN(c2ccc(F)cc2)CC1. The van der Waals surface area contributed by atoms with Gasteiger partial charge in [-0.25, -0.2) is 4.39 Å². The molecular weight excluding hydrogens is 233 g/mol. The van der Waals surface area contributed by atoms with Crippen LogP contribution in [0.25, 0.3) is 0 Å². The molecule has 1 aliphatic heterocycles. The largest absolute Gasteiger partial charge is 0.368 e. The van der Waals surface area contributed by atoms with Gasteiger partial charge in [-0.05, 0) is 31.2 Å². The highest BCUT2D eigenvalue weighted by Crippen LogP contribution is 2.17. The van der Waals surface area contributed by atoms with Crippen LogP contribution in [-0.2, 0) is 4.79 Å². The molecule has 1 fully saturated rings. The van der Waals surface area contributed by atoms with Crippen LogP contribution in [0.5, 0.6) is 0 Å². The normalized spacial score (nSPS) is 17.7. The van der Waals surface area contributed by atoms with Crippen molar-refractivity contribution in [3.63, 3.8) is 0 Å². The third-order valence-electron chi connectivity index (χ3n) is 3.17. The van der Waals surface area contributed by atoms with Crippen LogP contribution < -0.4 is 10.6 Å². The maximum atomic E-state index is 12.8. The van der Waals surface area contributed by atoms with E-state index in [4.69, 9.17) is 5.73 Å². The van der Waals surface area contributed by atoms with Crippen molar-refractivity contribution >= 4 is 11.6 Å². The molecule has 0 bridgehead atoms. The molecule has 1 saturated heterocycles. The Hall–Kier alpha value is -1.62. The first-order valence-electron chi connectivity index (χ1n) is 6.13. The van der Waals surface area contributed by atoms with Gasteiger partial charge in [-0.2, -0.15) is 0 Å². The van der Waals surface area contributed by atoms with Gasteiger partial charge in [-0.15, -0.1) is 0 Å². The Morgan fingerprint density at radius 1 is 1.22 bits per heavy atom. The third kappa shape index (κ3) is 2.79. The zero-order chi connectivity index (χ0) is 13.1. The van der Waals surface area contributed by atoms with Crippen LogP contribution in [-0.4, -0.2) is 43.0 Å². The van der Waals surface area contributed by atoms with Gasteiger partial charge in [0.1, 0.15) is 5.82 Å². The van der Waals surface area contributed by atoms with Crippen molar-refractivity contribution in [2.24, 2.45) is 5.73 Å². The summed E-state index contributed by atoms with van der Waals surface area (Å²) in [4.78, 5) is 15.6. The first-order chi connectivity index (χ1) is 8.58. The number of piperazine rings is 1. The van der Waals surface area contributed by atoms with Crippen LogP contribution in [0.15, 0.2) is 24.3 Å². The summed E-state index contributed by atoms with van der Waals surface area (Å²) in [5.74, 6) is -0.238. The van der Waals surface area contributed by atoms with Gasteiger partial charge >= 0.3 is 0 Å². The topological polar surface area (TPSA) is 49.6 Å². The van der Waals surface area contributed by atoms with E-state index >= 15 is 0 Å². The van der Waals surface area contributed by atoms with E-state index in [0.29, 0.717) is 13.1 Å². The Balaban J connectivity index is 1.94. The highest BCUT2D eigenvalue weighted by Gasteiger charge is 2.23. The molecule has 2 N–H and O–H groups in total. The molecule has 0 aromatic heterocycles. The van der Waals surface area contributed by atoms with Crippen LogP contribution in [0.3, 0.4) is 0 Å². The number of carbonyl (C=O) groups excluding carboxylic acids is 1. The van der Waals surface area contributed by atoms with E-state index in [0.717, 1.165) is 18.8 Å². The number of anilines is 1. The maximum Gasteiger partial charge on any atom is 0.239 e. The number of benzene rings is 1. The maximum absolute atomic E-state index is 12.8. The number of nitrogens with two attached hydrogens (primary N) is 1. The van der Waals surface area contributed by atoms with Crippen LogP contribution in [0, 0.1) is 5.82 Å². The zero-order valence-corrected chi connectivity index (χ0v) is 10.5. The van der Waals surface area contributed by atoms with Crippen molar-refractivity contribution in [1.82, 2.24) is 4.90 Å². The van der Waals surface area contributed by atoms with Crippen molar-refractivity contribution in [2.75, 3.05) is 31.1 Å². The Bertz CT molecular complexity index is 411. The predicted octanol–water partition coefficient (Wildman–Crippen LogP) is 0.822. The first-order valence-corrected chi connectivity index (χ1v) is 6.13. The van der Waals surface area contributed by atoms with Crippen molar-refractivity contribution < 1.29 is 9.18 Å². The van der Waals surface area contributed by atoms with E-state index in [-0.39, 0.29) is 11.7 Å². The van der Waals surface area contributed by atoms with E-state index in [1.54, 1.807) is 24.0 Å². The zero-order valence-electron chi connectivity index (χ0n) is 10.5. The molecule has 1 atom stereocenters. The minimum Gasteiger partial charge on any atom is -0.368 e. The lowest BCUT2D eigenvalue weighted by atomic mass is 10.2. The second-order valence-electron chi connectivity index (χ2n) is 4.58. The number of hydrogen-bond acceptors (Lipinski definition) is 3. The summed E-state index contributed by atoms with van der Waals surface area (Å²) >= 11 is 0. The third-order valence-corrected chi connectivity index (χ3v) is 3.17. The molecule has 1 heterocycles. The smallest absolute Gasteiger partial charge is 0.239 e. The van der Waals surface area contributed by atoms with Crippen LogP contribution >= 0.6 is 0 Å². The van der Waals surface area contributed by atoms with Crippen LogP contribution in [0.4, 0.5) is 10.1 Å². The molecule has 0 saturated carbocycles. The molecule has 2 rings (SSSR count). The quantitative estimate of drug-likeness (QED) is 0.846. The second-order valence-corrected chi connectivity index (χ2v) is 4.58. The number of amides is 1. The Labute approximate surface area is 106 Å². The van der Waals surface area contributed by atoms with E-state index in [1.165, 1.54) is 12.1 Å². The molecule has 98 valence electrons. The molecule has 18 heavy (non-hydrogen) atoms. The van der Waals surface area contributed by atoms with E-state index in [9.17, 15) is 9.18 Å². The predicted molar refractivity (Wildman–Crippen MR) is 68.8 cm³/mol. The molecule has 5 heteroatoms. The first kappa shape index (κ1) is 12.8. The molecule has 0 radical (unpaired) electrons. The number of halogens is 1. The Kier molecular flexibility index (Phi) is 3.81. The summed E-state index contributed by atoms with van der Waals surface area (Å²) in [7, 11) is 0. The van der Waals surface area contributed by atoms with Gasteiger partial charge in [0.2, 0.25) is 5.91 Å². The van der Waals surface area contributed by atoms with Crippen molar-refractivity contribution in [2.45, 2.75) is 13.0 Å². The highest BCUT2D eigenvalue weighted by atomic mass is 19.1. The number of hydrogen-bond donors (Lipinski definition) is 1. The summed E-state index contributed by atoms with van der Waals surface area (Å²) in [6.45, 7) is 4.54. The molecular formula is C13H18FN3O. The van der Waals surface area contributed by atoms with E-state index in [2.05, 4.69) is 4.90 Å². The van der Waals surface area contributed by atoms with Gasteiger partial charge in [0.25, 0.3) is 0 Å². The van der Waals surface area contributed by atoms with Gasteiger partial charge in [0.05, 0.1) is 6.04 Å². The van der Waals surface area contributed by atoms with Gasteiger partial charge in [0.15, 0.2) is 0 Å². The molecule has 1 aliphatic rings. The monoisotopic (exact) mass is 251 g/mol. The molecule has 1 aromatic rings.